The van der Waals surface area contributed by atoms with E-state index in [4.69, 9.17) is 0 Å². The van der Waals surface area contributed by atoms with Gasteiger partial charge in [0.2, 0.25) is 0 Å². The van der Waals surface area contributed by atoms with E-state index in [1.165, 1.54) is 125 Å². The fourth-order valence-electron chi connectivity index (χ4n) is 11.6. The zero-order valence-electron chi connectivity index (χ0n) is 39.8. The topological polar surface area (TPSA) is 6.48 Å². The molecule has 0 N–H and O–H groups in total. The third-order valence-corrected chi connectivity index (χ3v) is 17.0. The van der Waals surface area contributed by atoms with E-state index in [9.17, 15) is 0 Å². The van der Waals surface area contributed by atoms with Crippen molar-refractivity contribution in [1.29, 1.82) is 0 Å². The summed E-state index contributed by atoms with van der Waals surface area (Å²) in [6.45, 7) is 36.2. The minimum Gasteiger partial charge on any atom is -0.311 e. The van der Waals surface area contributed by atoms with Gasteiger partial charge in [-0.1, -0.05) is 133 Å². The van der Waals surface area contributed by atoms with Crippen molar-refractivity contribution in [3.05, 3.63) is 124 Å². The van der Waals surface area contributed by atoms with Crippen LogP contribution in [-0.4, -0.2) is 6.71 Å². The van der Waals surface area contributed by atoms with E-state index >= 15 is 0 Å². The molecule has 0 bridgehead atoms. The Kier molecular flexibility index (Phi) is 8.63. The molecule has 0 spiro atoms. The third-order valence-electron chi connectivity index (χ3n) is 15.8. The average molecular weight is 823 g/mol. The van der Waals surface area contributed by atoms with Crippen LogP contribution in [0.4, 0.5) is 34.1 Å². The molecule has 2 aliphatic heterocycles. The van der Waals surface area contributed by atoms with Crippen LogP contribution >= 0.6 is 11.3 Å². The van der Waals surface area contributed by atoms with Crippen molar-refractivity contribution in [3.63, 3.8) is 0 Å². The molecule has 5 aromatic carbocycles. The number of hydrogen-bond acceptors (Lipinski definition) is 3. The zero-order chi connectivity index (χ0) is 43.6. The number of aryl methyl sites for hydroxylation is 1. The molecule has 3 heterocycles. The fraction of sp³-hybridized carbons (Fsp3) is 0.439. The van der Waals surface area contributed by atoms with E-state index in [-0.39, 0.29) is 39.2 Å². The second-order valence-electron chi connectivity index (χ2n) is 24.1. The Morgan fingerprint density at radius 3 is 1.64 bits per heavy atom. The van der Waals surface area contributed by atoms with Crippen molar-refractivity contribution in [2.45, 2.75) is 162 Å². The summed E-state index contributed by atoms with van der Waals surface area (Å²) in [5, 5.41) is 1.41. The molecule has 1 aromatic heterocycles. The van der Waals surface area contributed by atoms with E-state index in [0.29, 0.717) is 0 Å². The first-order valence-electron chi connectivity index (χ1n) is 23.1. The van der Waals surface area contributed by atoms with Gasteiger partial charge in [-0.15, -0.1) is 11.3 Å². The number of fused-ring (bicyclic) bond motifs is 8. The molecule has 314 valence electrons. The predicted molar refractivity (Wildman–Crippen MR) is 269 cm³/mol. The molecule has 0 saturated carbocycles. The highest BCUT2D eigenvalue weighted by atomic mass is 32.1. The summed E-state index contributed by atoms with van der Waals surface area (Å²) in [5.41, 5.74) is 21.4. The zero-order valence-corrected chi connectivity index (χ0v) is 40.6. The van der Waals surface area contributed by atoms with Gasteiger partial charge in [-0.05, 0) is 163 Å². The van der Waals surface area contributed by atoms with Gasteiger partial charge in [0, 0.05) is 43.3 Å². The molecule has 0 unspecified atom stereocenters. The largest absolute Gasteiger partial charge is 0.311 e. The van der Waals surface area contributed by atoms with Crippen molar-refractivity contribution in [1.82, 2.24) is 0 Å². The Labute approximate surface area is 371 Å². The molecular weight excluding hydrogens is 756 g/mol. The van der Waals surface area contributed by atoms with Crippen LogP contribution in [0.5, 0.6) is 0 Å². The summed E-state index contributed by atoms with van der Waals surface area (Å²) in [6.07, 6.45) is 4.82. The molecule has 61 heavy (non-hydrogen) atoms. The highest BCUT2D eigenvalue weighted by Crippen LogP contribution is 2.54. The van der Waals surface area contributed by atoms with Crippen molar-refractivity contribution >= 4 is 78.0 Å². The Morgan fingerprint density at radius 1 is 0.525 bits per heavy atom. The van der Waals surface area contributed by atoms with Gasteiger partial charge in [0.25, 0.3) is 6.71 Å². The van der Waals surface area contributed by atoms with Crippen molar-refractivity contribution in [3.8, 4) is 0 Å². The van der Waals surface area contributed by atoms with Crippen LogP contribution in [0.25, 0.3) is 10.1 Å². The normalized spacial score (nSPS) is 19.2. The Hall–Kier alpha value is -4.28. The van der Waals surface area contributed by atoms with Gasteiger partial charge >= 0.3 is 0 Å². The molecule has 6 aromatic rings. The highest BCUT2D eigenvalue weighted by Gasteiger charge is 2.47. The third kappa shape index (κ3) is 6.07. The monoisotopic (exact) mass is 823 g/mol. The van der Waals surface area contributed by atoms with Crippen LogP contribution in [0.2, 0.25) is 0 Å². The van der Waals surface area contributed by atoms with Crippen molar-refractivity contribution < 1.29 is 0 Å². The maximum Gasteiger partial charge on any atom is 0.264 e. The van der Waals surface area contributed by atoms with E-state index < -0.39 is 0 Å². The highest BCUT2D eigenvalue weighted by molar-refractivity contribution is 7.33. The van der Waals surface area contributed by atoms with E-state index in [1.54, 1.807) is 0 Å². The van der Waals surface area contributed by atoms with Gasteiger partial charge in [-0.25, -0.2) is 0 Å². The summed E-state index contributed by atoms with van der Waals surface area (Å²) in [7, 11) is 0. The SMILES string of the molecule is Cc1cc(C(C)(C)C)ccc1N1c2ccc(C(C)(C)C)cc2B2c3sc4cc5c(cc4c3N(c3ccc4c(c3)C(C)(C)CCC4(C)C)c3cccc1c32)C(C)(C)CCC5(C)C. The number of hydrogen-bond donors (Lipinski definition) is 0. The maximum absolute atomic E-state index is 2.71. The average Bonchev–Trinajstić information content (AvgIpc) is 3.55. The van der Waals surface area contributed by atoms with E-state index in [0.717, 1.165) is 0 Å². The minimum atomic E-state index is 0.00749. The summed E-state index contributed by atoms with van der Waals surface area (Å²) in [5.74, 6) is 0. The van der Waals surface area contributed by atoms with E-state index in [2.05, 4.69) is 210 Å². The van der Waals surface area contributed by atoms with Gasteiger partial charge in [0.15, 0.2) is 0 Å². The lowest BCUT2D eigenvalue weighted by Crippen LogP contribution is -2.60. The first kappa shape index (κ1) is 40.8. The standard InChI is InChI=1S/C57H67BN2S/c1-34-29-35(52(2,3)4)19-23-44(34)60-45-24-20-36(53(5,6)7)30-43(45)58-49-46(17-16-18-47(49)60)59(37-21-22-39-40(31-37)55(10,11)26-25-54(39,8)9)50-38-32-41-42(33-48(38)61-51(50)58)57(14,15)28-27-56(41,12)13/h16-24,29-33H,25-28H2,1-15H3. The molecule has 2 nitrogen and oxygen atoms in total. The molecule has 0 fully saturated rings. The molecule has 10 rings (SSSR count). The predicted octanol–water partition coefficient (Wildman–Crippen LogP) is 14.6. The maximum atomic E-state index is 2.71. The van der Waals surface area contributed by atoms with Crippen molar-refractivity contribution in [2.75, 3.05) is 9.80 Å². The second kappa shape index (κ2) is 12.9. The number of rotatable bonds is 2. The molecule has 0 radical (unpaired) electrons. The van der Waals surface area contributed by atoms with Crippen LogP contribution in [0.3, 0.4) is 0 Å². The van der Waals surface area contributed by atoms with Gasteiger partial charge < -0.3 is 9.80 Å². The number of anilines is 6. The second-order valence-corrected chi connectivity index (χ2v) is 25.1. The lowest BCUT2D eigenvalue weighted by molar-refractivity contribution is 0.332. The summed E-state index contributed by atoms with van der Waals surface area (Å²) in [6, 6.07) is 34.6. The van der Waals surface area contributed by atoms with Gasteiger partial charge in [0.05, 0.1) is 5.69 Å². The summed E-state index contributed by atoms with van der Waals surface area (Å²) < 4.78 is 2.88. The molecule has 4 aliphatic rings. The smallest absolute Gasteiger partial charge is 0.264 e. The lowest BCUT2D eigenvalue weighted by Gasteiger charge is -2.45. The summed E-state index contributed by atoms with van der Waals surface area (Å²) in [4.78, 5) is 5.32. The quantitative estimate of drug-likeness (QED) is 0.160. The van der Waals surface area contributed by atoms with Gasteiger partial charge in [-0.2, -0.15) is 0 Å². The van der Waals surface area contributed by atoms with Crippen LogP contribution < -0.4 is 25.5 Å². The number of nitrogens with zero attached hydrogens (tertiary/aromatic N) is 2. The van der Waals surface area contributed by atoms with Crippen LogP contribution in [-0.2, 0) is 32.5 Å². The molecule has 0 atom stereocenters. The lowest BCUT2D eigenvalue weighted by atomic mass is 9.36. The van der Waals surface area contributed by atoms with Gasteiger partial charge in [-0.3, -0.25) is 0 Å². The molecule has 2 aliphatic carbocycles. The number of benzene rings is 5. The molecule has 0 saturated heterocycles. The number of thiophene rings is 1. The molecule has 0 amide bonds. The fourth-order valence-corrected chi connectivity index (χ4v) is 12.9. The Bertz CT molecular complexity index is 2820. The van der Waals surface area contributed by atoms with Crippen LogP contribution in [0.15, 0.2) is 84.9 Å². The van der Waals surface area contributed by atoms with Crippen LogP contribution in [0, 0.1) is 6.92 Å². The van der Waals surface area contributed by atoms with Crippen LogP contribution in [0.1, 0.15) is 162 Å². The molecular formula is C57H67BN2S. The Morgan fingerprint density at radius 2 is 1.05 bits per heavy atom. The minimum absolute atomic E-state index is 0.00749. The molecule has 4 heteroatoms. The first-order chi connectivity index (χ1) is 28.4. The van der Waals surface area contributed by atoms with E-state index in [1.807, 2.05) is 0 Å². The Balaban J connectivity index is 1.32. The summed E-state index contributed by atoms with van der Waals surface area (Å²) >= 11 is 2.06. The van der Waals surface area contributed by atoms with Crippen molar-refractivity contribution in [2.24, 2.45) is 0 Å². The first-order valence-corrected chi connectivity index (χ1v) is 24.0. The van der Waals surface area contributed by atoms with Gasteiger partial charge in [0.1, 0.15) is 0 Å².